The maximum atomic E-state index is 13.8. The first kappa shape index (κ1) is 15.3. The van der Waals surface area contributed by atoms with E-state index in [0.717, 1.165) is 39.0 Å². The van der Waals surface area contributed by atoms with Gasteiger partial charge in [-0.05, 0) is 49.4 Å². The summed E-state index contributed by atoms with van der Waals surface area (Å²) >= 11 is 0. The molecule has 1 aromatic heterocycles. The predicted octanol–water partition coefficient (Wildman–Crippen LogP) is 2.23. The SMILES string of the molecule is O=C(c1ccn(-c2ccccc2F)n1)N1CCC2(CCNC2)CC1. The van der Waals surface area contributed by atoms with E-state index in [2.05, 4.69) is 10.4 Å². The fraction of sp³-hybridized carbons (Fsp3) is 0.444. The van der Waals surface area contributed by atoms with Gasteiger partial charge in [0.2, 0.25) is 0 Å². The van der Waals surface area contributed by atoms with Crippen molar-refractivity contribution in [1.29, 1.82) is 0 Å². The van der Waals surface area contributed by atoms with Crippen molar-refractivity contribution in [2.75, 3.05) is 26.2 Å². The summed E-state index contributed by atoms with van der Waals surface area (Å²) in [5.41, 5.74) is 1.11. The van der Waals surface area contributed by atoms with E-state index in [1.165, 1.54) is 17.2 Å². The number of rotatable bonds is 2. The number of hydrogen-bond donors (Lipinski definition) is 1. The predicted molar refractivity (Wildman–Crippen MR) is 88.6 cm³/mol. The first-order valence-electron chi connectivity index (χ1n) is 8.48. The Morgan fingerprint density at radius 2 is 1.96 bits per heavy atom. The minimum atomic E-state index is -0.353. The molecule has 0 saturated carbocycles. The van der Waals surface area contributed by atoms with Crippen LogP contribution in [0.1, 0.15) is 29.8 Å². The van der Waals surface area contributed by atoms with Gasteiger partial charge in [0, 0.05) is 25.8 Å². The van der Waals surface area contributed by atoms with Gasteiger partial charge < -0.3 is 10.2 Å². The maximum Gasteiger partial charge on any atom is 0.274 e. The van der Waals surface area contributed by atoms with E-state index in [0.29, 0.717) is 16.8 Å². The van der Waals surface area contributed by atoms with E-state index in [9.17, 15) is 9.18 Å². The molecule has 126 valence electrons. The van der Waals surface area contributed by atoms with E-state index >= 15 is 0 Å². The van der Waals surface area contributed by atoms with Gasteiger partial charge in [-0.25, -0.2) is 9.07 Å². The average Bonchev–Trinajstić information content (AvgIpc) is 3.26. The molecule has 0 bridgehead atoms. The van der Waals surface area contributed by atoms with Gasteiger partial charge in [-0.1, -0.05) is 12.1 Å². The molecule has 5 nitrogen and oxygen atoms in total. The van der Waals surface area contributed by atoms with Crippen molar-refractivity contribution >= 4 is 5.91 Å². The average molecular weight is 328 g/mol. The monoisotopic (exact) mass is 328 g/mol. The van der Waals surface area contributed by atoms with Crippen LogP contribution >= 0.6 is 0 Å². The van der Waals surface area contributed by atoms with Crippen LogP contribution < -0.4 is 5.32 Å². The van der Waals surface area contributed by atoms with Crippen molar-refractivity contribution in [2.24, 2.45) is 5.41 Å². The Bertz CT molecular complexity index is 741. The summed E-state index contributed by atoms with van der Waals surface area (Å²) in [5, 5.41) is 7.71. The highest BCUT2D eigenvalue weighted by Crippen LogP contribution is 2.37. The number of amides is 1. The Morgan fingerprint density at radius 3 is 2.67 bits per heavy atom. The lowest BCUT2D eigenvalue weighted by atomic mass is 9.78. The van der Waals surface area contributed by atoms with Crippen LogP contribution in [-0.4, -0.2) is 46.8 Å². The number of nitrogens with one attached hydrogen (secondary N) is 1. The quantitative estimate of drug-likeness (QED) is 0.920. The van der Waals surface area contributed by atoms with Crippen molar-refractivity contribution in [3.63, 3.8) is 0 Å². The second-order valence-corrected chi connectivity index (χ2v) is 6.82. The van der Waals surface area contributed by atoms with Crippen molar-refractivity contribution in [2.45, 2.75) is 19.3 Å². The second kappa shape index (κ2) is 6.02. The first-order chi connectivity index (χ1) is 11.7. The van der Waals surface area contributed by atoms with E-state index in [1.807, 2.05) is 4.90 Å². The van der Waals surface area contributed by atoms with Crippen LogP contribution in [0.2, 0.25) is 0 Å². The molecule has 2 saturated heterocycles. The van der Waals surface area contributed by atoms with E-state index in [1.54, 1.807) is 30.5 Å². The number of carbonyl (C=O) groups excluding carboxylic acids is 1. The third-order valence-electron chi connectivity index (χ3n) is 5.35. The Hall–Kier alpha value is -2.21. The number of aromatic nitrogens is 2. The third-order valence-corrected chi connectivity index (χ3v) is 5.35. The molecule has 24 heavy (non-hydrogen) atoms. The molecule has 6 heteroatoms. The first-order valence-corrected chi connectivity index (χ1v) is 8.48. The zero-order valence-corrected chi connectivity index (χ0v) is 13.5. The van der Waals surface area contributed by atoms with Gasteiger partial charge in [-0.2, -0.15) is 5.10 Å². The summed E-state index contributed by atoms with van der Waals surface area (Å²) in [6.07, 6.45) is 4.93. The number of halogens is 1. The van der Waals surface area contributed by atoms with Crippen LogP contribution in [0.15, 0.2) is 36.5 Å². The van der Waals surface area contributed by atoms with Crippen LogP contribution in [0.4, 0.5) is 4.39 Å². The summed E-state index contributed by atoms with van der Waals surface area (Å²) in [4.78, 5) is 14.5. The molecule has 4 rings (SSSR count). The summed E-state index contributed by atoms with van der Waals surface area (Å²) in [5.74, 6) is -0.417. The lowest BCUT2D eigenvalue weighted by molar-refractivity contribution is 0.0601. The number of para-hydroxylation sites is 1. The number of piperidine rings is 1. The third kappa shape index (κ3) is 2.71. The topological polar surface area (TPSA) is 50.2 Å². The number of likely N-dealkylation sites (tertiary alicyclic amines) is 1. The smallest absolute Gasteiger partial charge is 0.274 e. The number of hydrogen-bond acceptors (Lipinski definition) is 3. The summed E-state index contributed by atoms with van der Waals surface area (Å²) in [6, 6.07) is 8.08. The van der Waals surface area contributed by atoms with Crippen LogP contribution in [0.25, 0.3) is 5.69 Å². The molecule has 0 atom stereocenters. The van der Waals surface area contributed by atoms with Gasteiger partial charge in [0.15, 0.2) is 5.69 Å². The van der Waals surface area contributed by atoms with Crippen molar-refractivity contribution < 1.29 is 9.18 Å². The Labute approximate surface area is 140 Å². The lowest BCUT2D eigenvalue weighted by Gasteiger charge is -2.38. The molecular formula is C18H21FN4O. The molecule has 2 aromatic rings. The van der Waals surface area contributed by atoms with Gasteiger partial charge in [0.1, 0.15) is 11.5 Å². The zero-order chi connectivity index (χ0) is 16.6. The highest BCUT2D eigenvalue weighted by molar-refractivity contribution is 5.92. The van der Waals surface area contributed by atoms with Gasteiger partial charge in [0.05, 0.1) is 0 Å². The molecule has 2 aliphatic heterocycles. The van der Waals surface area contributed by atoms with E-state index in [4.69, 9.17) is 0 Å². The van der Waals surface area contributed by atoms with E-state index in [-0.39, 0.29) is 11.7 Å². The van der Waals surface area contributed by atoms with E-state index < -0.39 is 0 Å². The van der Waals surface area contributed by atoms with Crippen molar-refractivity contribution in [1.82, 2.24) is 20.0 Å². The molecule has 2 aliphatic rings. The fourth-order valence-electron chi connectivity index (χ4n) is 3.78. The minimum Gasteiger partial charge on any atom is -0.337 e. The zero-order valence-electron chi connectivity index (χ0n) is 13.5. The van der Waals surface area contributed by atoms with Crippen molar-refractivity contribution in [3.8, 4) is 5.69 Å². The molecular weight excluding hydrogens is 307 g/mol. The largest absolute Gasteiger partial charge is 0.337 e. The number of benzene rings is 1. The Kier molecular flexibility index (Phi) is 3.84. The normalized spacial score (nSPS) is 19.8. The number of nitrogens with zero attached hydrogens (tertiary/aromatic N) is 3. The molecule has 0 radical (unpaired) electrons. The summed E-state index contributed by atoms with van der Waals surface area (Å²) < 4.78 is 15.3. The van der Waals surface area contributed by atoms with Gasteiger partial charge in [-0.15, -0.1) is 0 Å². The van der Waals surface area contributed by atoms with Crippen LogP contribution in [0.3, 0.4) is 0 Å². The molecule has 3 heterocycles. The number of carbonyl (C=O) groups is 1. The second-order valence-electron chi connectivity index (χ2n) is 6.82. The molecule has 1 N–H and O–H groups in total. The van der Waals surface area contributed by atoms with Crippen molar-refractivity contribution in [3.05, 3.63) is 48.0 Å². The molecule has 2 fully saturated rings. The Balaban J connectivity index is 1.47. The fourth-order valence-corrected chi connectivity index (χ4v) is 3.78. The molecule has 0 aliphatic carbocycles. The molecule has 1 amide bonds. The highest BCUT2D eigenvalue weighted by Gasteiger charge is 2.38. The minimum absolute atomic E-state index is 0.0640. The van der Waals surface area contributed by atoms with Crippen LogP contribution in [-0.2, 0) is 0 Å². The summed E-state index contributed by atoms with van der Waals surface area (Å²) in [7, 11) is 0. The maximum absolute atomic E-state index is 13.8. The standard InChI is InChI=1S/C18H21FN4O/c19-14-3-1-2-4-16(14)23-10-5-15(21-23)17(24)22-11-7-18(8-12-22)6-9-20-13-18/h1-5,10,20H,6-9,11-13H2. The Morgan fingerprint density at radius 1 is 1.17 bits per heavy atom. The van der Waals surface area contributed by atoms with Crippen LogP contribution in [0.5, 0.6) is 0 Å². The van der Waals surface area contributed by atoms with Gasteiger partial charge in [0.25, 0.3) is 5.91 Å². The molecule has 1 aromatic carbocycles. The van der Waals surface area contributed by atoms with Crippen LogP contribution in [0, 0.1) is 11.2 Å². The highest BCUT2D eigenvalue weighted by atomic mass is 19.1. The molecule has 1 spiro atoms. The summed E-state index contributed by atoms with van der Waals surface area (Å²) in [6.45, 7) is 3.69. The van der Waals surface area contributed by atoms with Gasteiger partial charge in [-0.3, -0.25) is 4.79 Å². The lowest BCUT2D eigenvalue weighted by Crippen LogP contribution is -2.44. The molecule has 0 unspecified atom stereocenters. The van der Waals surface area contributed by atoms with Gasteiger partial charge >= 0.3 is 0 Å².